The number of rotatable bonds is 5. The van der Waals surface area contributed by atoms with E-state index in [1.165, 1.54) is 12.1 Å². The lowest BCUT2D eigenvalue weighted by atomic mass is 10.1. The van der Waals surface area contributed by atoms with Crippen molar-refractivity contribution in [1.29, 1.82) is 0 Å². The van der Waals surface area contributed by atoms with Crippen molar-refractivity contribution in [2.45, 2.75) is 11.0 Å². The van der Waals surface area contributed by atoms with Crippen LogP contribution in [-0.4, -0.2) is 39.1 Å². The van der Waals surface area contributed by atoms with Crippen molar-refractivity contribution in [3.63, 3.8) is 0 Å². The number of morpholine rings is 1. The Kier molecular flexibility index (Phi) is 6.20. The molecule has 3 aromatic rings. The predicted octanol–water partition coefficient (Wildman–Crippen LogP) is 4.03. The van der Waals surface area contributed by atoms with Crippen LogP contribution in [0.25, 0.3) is 0 Å². The molecule has 0 bridgehead atoms. The van der Waals surface area contributed by atoms with Gasteiger partial charge in [-0.05, 0) is 42.0 Å². The molecule has 1 atom stereocenters. The Bertz CT molecular complexity index is 1120. The molecule has 1 aliphatic heterocycles. The molecule has 1 saturated heterocycles. The van der Waals surface area contributed by atoms with Gasteiger partial charge in [-0.2, -0.15) is 8.42 Å². The van der Waals surface area contributed by atoms with E-state index >= 15 is 0 Å². The van der Waals surface area contributed by atoms with Crippen LogP contribution in [0.15, 0.2) is 89.8 Å². The minimum absolute atomic E-state index is 0.0854. The predicted molar refractivity (Wildman–Crippen MR) is 113 cm³/mol. The highest BCUT2D eigenvalue weighted by Crippen LogP contribution is 2.26. The Balaban J connectivity index is 1.40. The Morgan fingerprint density at radius 2 is 1.52 bits per heavy atom. The van der Waals surface area contributed by atoms with Gasteiger partial charge >= 0.3 is 16.2 Å². The third-order valence-corrected chi connectivity index (χ3v) is 6.02. The molecular formula is C23H21NO6S. The number of ether oxygens (including phenoxy) is 2. The van der Waals surface area contributed by atoms with Gasteiger partial charge in [0.05, 0.1) is 13.2 Å². The largest absolute Gasteiger partial charge is 0.415 e. The van der Waals surface area contributed by atoms with Gasteiger partial charge in [0.2, 0.25) is 0 Å². The van der Waals surface area contributed by atoms with E-state index in [-0.39, 0.29) is 16.7 Å². The van der Waals surface area contributed by atoms with Gasteiger partial charge in [-0.15, -0.1) is 0 Å². The molecule has 1 aliphatic rings. The van der Waals surface area contributed by atoms with Gasteiger partial charge in [0.25, 0.3) is 0 Å². The average Bonchev–Trinajstić information content (AvgIpc) is 2.81. The minimum atomic E-state index is -3.90. The first-order valence-electron chi connectivity index (χ1n) is 9.74. The zero-order chi connectivity index (χ0) is 21.7. The molecule has 0 spiro atoms. The first-order chi connectivity index (χ1) is 15.0. The lowest BCUT2D eigenvalue weighted by Gasteiger charge is -2.32. The normalized spacial score (nSPS) is 16.5. The summed E-state index contributed by atoms with van der Waals surface area (Å²) in [5.74, 6) is 0.681. The van der Waals surface area contributed by atoms with Crippen LogP contribution in [0.3, 0.4) is 0 Å². The van der Waals surface area contributed by atoms with Gasteiger partial charge in [-0.1, -0.05) is 48.5 Å². The number of nitrogens with zero attached hydrogens (tertiary/aromatic N) is 1. The quantitative estimate of drug-likeness (QED) is 0.559. The number of carbonyl (C=O) groups is 1. The van der Waals surface area contributed by atoms with Crippen molar-refractivity contribution in [3.05, 3.63) is 90.5 Å². The van der Waals surface area contributed by atoms with Crippen LogP contribution in [0.1, 0.15) is 11.7 Å². The fraction of sp³-hybridized carbons (Fsp3) is 0.174. The van der Waals surface area contributed by atoms with Crippen molar-refractivity contribution in [2.24, 2.45) is 0 Å². The van der Waals surface area contributed by atoms with Crippen LogP contribution in [0.4, 0.5) is 4.79 Å². The maximum Gasteiger partial charge on any atom is 0.415 e. The summed E-state index contributed by atoms with van der Waals surface area (Å²) in [6, 6.07) is 23.4. The van der Waals surface area contributed by atoms with E-state index in [0.717, 1.165) is 5.56 Å². The molecule has 8 heteroatoms. The number of para-hydroxylation sites is 1. The first-order valence-corrected chi connectivity index (χ1v) is 11.1. The van der Waals surface area contributed by atoms with Gasteiger partial charge in [-0.25, -0.2) is 4.79 Å². The second-order valence-electron chi connectivity index (χ2n) is 6.91. The number of hydrogen-bond acceptors (Lipinski definition) is 6. The van der Waals surface area contributed by atoms with Crippen molar-refractivity contribution in [1.82, 2.24) is 4.90 Å². The fourth-order valence-electron chi connectivity index (χ4n) is 3.17. The number of amides is 1. The van der Waals surface area contributed by atoms with Crippen molar-refractivity contribution in [2.75, 3.05) is 19.7 Å². The van der Waals surface area contributed by atoms with Crippen LogP contribution in [0, 0.1) is 0 Å². The summed E-state index contributed by atoms with van der Waals surface area (Å²) in [5.41, 5.74) is 0.807. The zero-order valence-electron chi connectivity index (χ0n) is 16.6. The lowest BCUT2D eigenvalue weighted by molar-refractivity contribution is -0.0218. The summed E-state index contributed by atoms with van der Waals surface area (Å²) in [5, 5.41) is 0. The smallest absolute Gasteiger partial charge is 0.410 e. The molecule has 160 valence electrons. The summed E-state index contributed by atoms with van der Waals surface area (Å²) < 4.78 is 41.1. The lowest BCUT2D eigenvalue weighted by Crippen LogP contribution is -2.43. The van der Waals surface area contributed by atoms with Gasteiger partial charge in [-0.3, -0.25) is 0 Å². The average molecular weight is 439 g/mol. The topological polar surface area (TPSA) is 82.1 Å². The number of benzene rings is 3. The molecule has 1 heterocycles. The Labute approximate surface area is 180 Å². The molecule has 31 heavy (non-hydrogen) atoms. The molecule has 0 unspecified atom stereocenters. The van der Waals surface area contributed by atoms with E-state index in [1.807, 2.05) is 6.07 Å². The Morgan fingerprint density at radius 1 is 0.871 bits per heavy atom. The molecular weight excluding hydrogens is 418 g/mol. The number of hydrogen-bond donors (Lipinski definition) is 0. The van der Waals surface area contributed by atoms with E-state index < -0.39 is 16.2 Å². The standard InChI is InChI=1S/C23H21NO6S/c25-23(29-19-7-3-1-4-8-19)24-15-16-28-22(17-24)18-11-13-20(14-12-18)30-31(26,27)21-9-5-2-6-10-21/h1-14,22H,15-17H2/t22-/m1/s1. The van der Waals surface area contributed by atoms with Crippen LogP contribution < -0.4 is 8.92 Å². The highest BCUT2D eigenvalue weighted by atomic mass is 32.2. The van der Waals surface area contributed by atoms with E-state index in [2.05, 4.69) is 0 Å². The zero-order valence-corrected chi connectivity index (χ0v) is 17.4. The maximum absolute atomic E-state index is 12.5. The molecule has 0 aromatic heterocycles. The number of carbonyl (C=O) groups excluding carboxylic acids is 1. The summed E-state index contributed by atoms with van der Waals surface area (Å²) in [4.78, 5) is 14.1. The van der Waals surface area contributed by atoms with Crippen LogP contribution in [-0.2, 0) is 14.9 Å². The minimum Gasteiger partial charge on any atom is -0.410 e. The van der Waals surface area contributed by atoms with Gasteiger partial charge in [0.15, 0.2) is 0 Å². The molecule has 1 amide bonds. The van der Waals surface area contributed by atoms with E-state index in [4.69, 9.17) is 13.7 Å². The van der Waals surface area contributed by atoms with Crippen LogP contribution in [0.2, 0.25) is 0 Å². The molecule has 7 nitrogen and oxygen atoms in total. The molecule has 0 N–H and O–H groups in total. The fourth-order valence-corrected chi connectivity index (χ4v) is 4.12. The van der Waals surface area contributed by atoms with Crippen LogP contribution in [0.5, 0.6) is 11.5 Å². The van der Waals surface area contributed by atoms with Crippen molar-refractivity contribution < 1.29 is 26.9 Å². The first kappa shape index (κ1) is 20.9. The third kappa shape index (κ3) is 5.22. The monoisotopic (exact) mass is 439 g/mol. The van der Waals surface area contributed by atoms with Crippen molar-refractivity contribution in [3.8, 4) is 11.5 Å². The molecule has 4 rings (SSSR count). The molecule has 1 fully saturated rings. The SMILES string of the molecule is O=C(Oc1ccccc1)N1CCO[C@@H](c2ccc(OS(=O)(=O)c3ccccc3)cc2)C1. The van der Waals surface area contributed by atoms with Gasteiger partial charge in [0, 0.05) is 6.54 Å². The van der Waals surface area contributed by atoms with E-state index in [0.29, 0.717) is 25.4 Å². The third-order valence-electron chi connectivity index (χ3n) is 4.76. The molecule has 0 radical (unpaired) electrons. The highest BCUT2D eigenvalue weighted by Gasteiger charge is 2.27. The van der Waals surface area contributed by atoms with Gasteiger partial charge < -0.3 is 18.6 Å². The highest BCUT2D eigenvalue weighted by molar-refractivity contribution is 7.87. The Morgan fingerprint density at radius 3 is 2.19 bits per heavy atom. The maximum atomic E-state index is 12.5. The van der Waals surface area contributed by atoms with E-state index in [1.54, 1.807) is 71.6 Å². The molecule has 0 aliphatic carbocycles. The van der Waals surface area contributed by atoms with E-state index in [9.17, 15) is 13.2 Å². The molecule has 3 aromatic carbocycles. The summed E-state index contributed by atoms with van der Waals surface area (Å²) in [6.45, 7) is 1.13. The van der Waals surface area contributed by atoms with Gasteiger partial charge in [0.1, 0.15) is 22.5 Å². The summed E-state index contributed by atoms with van der Waals surface area (Å²) in [6.07, 6.45) is -0.787. The Hall–Kier alpha value is -3.36. The van der Waals surface area contributed by atoms with Crippen molar-refractivity contribution >= 4 is 16.2 Å². The summed E-state index contributed by atoms with van der Waals surface area (Å²) in [7, 11) is -3.90. The van der Waals surface area contributed by atoms with Crippen LogP contribution >= 0.6 is 0 Å². The molecule has 0 saturated carbocycles. The second-order valence-corrected chi connectivity index (χ2v) is 8.45. The summed E-state index contributed by atoms with van der Waals surface area (Å²) >= 11 is 0. The second kappa shape index (κ2) is 9.20.